The van der Waals surface area contributed by atoms with Gasteiger partial charge in [-0.3, -0.25) is 10.1 Å². The molecule has 0 bridgehead atoms. The Morgan fingerprint density at radius 2 is 1.43 bits per heavy atom. The van der Waals surface area contributed by atoms with Gasteiger partial charge in [-0.25, -0.2) is 0 Å². The summed E-state index contributed by atoms with van der Waals surface area (Å²) in [7, 11) is 0. The SMILES string of the molecule is CC1(C)N[C@@H](Cc2ccc(OCc3ccccc3)cc2)C(=O)N1Cc1ccccc1. The van der Waals surface area contributed by atoms with Gasteiger partial charge in [-0.15, -0.1) is 0 Å². The van der Waals surface area contributed by atoms with Crippen LogP contribution in [0.3, 0.4) is 0 Å². The van der Waals surface area contributed by atoms with Crippen molar-refractivity contribution in [2.75, 3.05) is 0 Å². The van der Waals surface area contributed by atoms with Crippen LogP contribution in [0.5, 0.6) is 5.75 Å². The van der Waals surface area contributed by atoms with Gasteiger partial charge in [0.05, 0.1) is 11.7 Å². The fourth-order valence-corrected chi connectivity index (χ4v) is 3.91. The molecule has 30 heavy (non-hydrogen) atoms. The smallest absolute Gasteiger partial charge is 0.241 e. The molecule has 1 aliphatic rings. The summed E-state index contributed by atoms with van der Waals surface area (Å²) < 4.78 is 5.86. The average molecular weight is 401 g/mol. The molecule has 1 heterocycles. The predicted molar refractivity (Wildman–Crippen MR) is 119 cm³/mol. The number of carbonyl (C=O) groups excluding carboxylic acids is 1. The molecule has 1 aliphatic heterocycles. The molecule has 1 atom stereocenters. The molecule has 0 radical (unpaired) electrons. The molecule has 1 saturated heterocycles. The minimum Gasteiger partial charge on any atom is -0.489 e. The number of hydrogen-bond acceptors (Lipinski definition) is 3. The molecule has 0 saturated carbocycles. The zero-order valence-electron chi connectivity index (χ0n) is 17.5. The van der Waals surface area contributed by atoms with Crippen molar-refractivity contribution in [3.05, 3.63) is 102 Å². The molecule has 0 spiro atoms. The molecule has 0 unspecified atom stereocenters. The lowest BCUT2D eigenvalue weighted by Crippen LogP contribution is -2.46. The van der Waals surface area contributed by atoms with Crippen molar-refractivity contribution in [1.82, 2.24) is 10.2 Å². The molecule has 1 amide bonds. The summed E-state index contributed by atoms with van der Waals surface area (Å²) in [4.78, 5) is 15.0. The summed E-state index contributed by atoms with van der Waals surface area (Å²) in [6.07, 6.45) is 0.659. The summed E-state index contributed by atoms with van der Waals surface area (Å²) in [5, 5.41) is 3.51. The third-order valence-electron chi connectivity index (χ3n) is 5.56. The van der Waals surface area contributed by atoms with Gasteiger partial charge in [0.15, 0.2) is 0 Å². The Hall–Kier alpha value is -3.11. The maximum Gasteiger partial charge on any atom is 0.241 e. The largest absolute Gasteiger partial charge is 0.489 e. The Morgan fingerprint density at radius 3 is 2.07 bits per heavy atom. The monoisotopic (exact) mass is 400 g/mol. The molecule has 4 heteroatoms. The van der Waals surface area contributed by atoms with E-state index in [1.807, 2.05) is 65.6 Å². The maximum atomic E-state index is 13.1. The van der Waals surface area contributed by atoms with E-state index >= 15 is 0 Å². The topological polar surface area (TPSA) is 41.6 Å². The van der Waals surface area contributed by atoms with Crippen molar-refractivity contribution >= 4 is 5.91 Å². The molecule has 4 nitrogen and oxygen atoms in total. The zero-order valence-corrected chi connectivity index (χ0v) is 17.5. The van der Waals surface area contributed by atoms with Crippen LogP contribution in [0.25, 0.3) is 0 Å². The highest BCUT2D eigenvalue weighted by molar-refractivity contribution is 5.85. The molecule has 0 aliphatic carbocycles. The van der Waals surface area contributed by atoms with E-state index in [4.69, 9.17) is 4.74 Å². The summed E-state index contributed by atoms with van der Waals surface area (Å²) in [5.74, 6) is 0.979. The highest BCUT2D eigenvalue weighted by Gasteiger charge is 2.43. The van der Waals surface area contributed by atoms with Gasteiger partial charge in [0.25, 0.3) is 0 Å². The van der Waals surface area contributed by atoms with Crippen LogP contribution in [0.15, 0.2) is 84.9 Å². The minimum absolute atomic E-state index is 0.147. The Kier molecular flexibility index (Phi) is 5.86. The lowest BCUT2D eigenvalue weighted by Gasteiger charge is -2.31. The van der Waals surface area contributed by atoms with Crippen LogP contribution in [-0.2, 0) is 24.4 Å². The van der Waals surface area contributed by atoms with Crippen molar-refractivity contribution in [2.45, 2.75) is 45.1 Å². The van der Waals surface area contributed by atoms with E-state index in [1.54, 1.807) is 0 Å². The van der Waals surface area contributed by atoms with Crippen LogP contribution in [0.2, 0.25) is 0 Å². The van der Waals surface area contributed by atoms with Gasteiger partial charge in [0.1, 0.15) is 12.4 Å². The Balaban J connectivity index is 1.37. The van der Waals surface area contributed by atoms with Crippen LogP contribution in [-0.4, -0.2) is 22.5 Å². The minimum atomic E-state index is -0.379. The lowest BCUT2D eigenvalue weighted by molar-refractivity contribution is -0.132. The number of hydrogen-bond donors (Lipinski definition) is 1. The summed E-state index contributed by atoms with van der Waals surface area (Å²) in [6.45, 7) is 5.29. The summed E-state index contributed by atoms with van der Waals surface area (Å²) in [5.41, 5.74) is 3.02. The Morgan fingerprint density at radius 1 is 0.833 bits per heavy atom. The standard InChI is InChI=1S/C26H28N2O2/c1-26(2)27-24(25(29)28(26)18-21-9-5-3-6-10-21)17-20-13-15-23(16-14-20)30-19-22-11-7-4-8-12-22/h3-16,24,27H,17-19H2,1-2H3/t24-/m0/s1. The molecular weight excluding hydrogens is 372 g/mol. The van der Waals surface area contributed by atoms with Crippen LogP contribution >= 0.6 is 0 Å². The number of nitrogens with one attached hydrogen (secondary N) is 1. The molecule has 4 rings (SSSR count). The first kappa shape index (κ1) is 20.2. The number of nitrogens with zero attached hydrogens (tertiary/aromatic N) is 1. The molecule has 1 N–H and O–H groups in total. The molecule has 154 valence electrons. The maximum absolute atomic E-state index is 13.1. The summed E-state index contributed by atoms with van der Waals surface area (Å²) >= 11 is 0. The second-order valence-corrected chi connectivity index (χ2v) is 8.29. The second kappa shape index (κ2) is 8.72. The first-order valence-electron chi connectivity index (χ1n) is 10.4. The number of rotatable bonds is 7. The van der Waals surface area contributed by atoms with E-state index < -0.39 is 0 Å². The van der Waals surface area contributed by atoms with Gasteiger partial charge >= 0.3 is 0 Å². The van der Waals surface area contributed by atoms with E-state index in [-0.39, 0.29) is 17.6 Å². The van der Waals surface area contributed by atoms with Gasteiger partial charge in [-0.2, -0.15) is 0 Å². The number of amides is 1. The average Bonchev–Trinajstić information content (AvgIpc) is 2.97. The van der Waals surface area contributed by atoms with E-state index in [0.717, 1.165) is 22.4 Å². The molecule has 3 aromatic carbocycles. The van der Waals surface area contributed by atoms with Gasteiger partial charge in [-0.1, -0.05) is 72.8 Å². The third kappa shape index (κ3) is 4.71. The molecular formula is C26H28N2O2. The highest BCUT2D eigenvalue weighted by atomic mass is 16.5. The van der Waals surface area contributed by atoms with Crippen molar-refractivity contribution in [3.63, 3.8) is 0 Å². The van der Waals surface area contributed by atoms with Crippen LogP contribution in [0, 0.1) is 0 Å². The van der Waals surface area contributed by atoms with E-state index in [0.29, 0.717) is 19.6 Å². The fraction of sp³-hybridized carbons (Fsp3) is 0.269. The van der Waals surface area contributed by atoms with Gasteiger partial charge in [0.2, 0.25) is 5.91 Å². The van der Waals surface area contributed by atoms with E-state index in [9.17, 15) is 4.79 Å². The van der Waals surface area contributed by atoms with Crippen molar-refractivity contribution in [3.8, 4) is 5.75 Å². The normalized spacial score (nSPS) is 17.9. The van der Waals surface area contributed by atoms with E-state index in [1.165, 1.54) is 0 Å². The quantitative estimate of drug-likeness (QED) is 0.633. The predicted octanol–water partition coefficient (Wildman–Crippen LogP) is 4.54. The van der Waals surface area contributed by atoms with Gasteiger partial charge in [0, 0.05) is 6.54 Å². The fourth-order valence-electron chi connectivity index (χ4n) is 3.91. The lowest BCUT2D eigenvalue weighted by atomic mass is 10.1. The van der Waals surface area contributed by atoms with Crippen LogP contribution in [0.1, 0.15) is 30.5 Å². The first-order chi connectivity index (χ1) is 14.5. The van der Waals surface area contributed by atoms with Crippen molar-refractivity contribution in [2.24, 2.45) is 0 Å². The van der Waals surface area contributed by atoms with Crippen LogP contribution < -0.4 is 10.1 Å². The number of benzene rings is 3. The number of ether oxygens (including phenoxy) is 1. The zero-order chi connectivity index (χ0) is 21.0. The van der Waals surface area contributed by atoms with Crippen molar-refractivity contribution in [1.29, 1.82) is 0 Å². The first-order valence-corrected chi connectivity index (χ1v) is 10.4. The van der Waals surface area contributed by atoms with Gasteiger partial charge in [-0.05, 0) is 49.1 Å². The number of carbonyl (C=O) groups is 1. The van der Waals surface area contributed by atoms with Crippen LogP contribution in [0.4, 0.5) is 0 Å². The van der Waals surface area contributed by atoms with Gasteiger partial charge < -0.3 is 9.64 Å². The third-order valence-corrected chi connectivity index (χ3v) is 5.56. The van der Waals surface area contributed by atoms with E-state index in [2.05, 4.69) is 43.4 Å². The Labute approximate surface area is 178 Å². The Bertz CT molecular complexity index is 969. The van der Waals surface area contributed by atoms with Crippen molar-refractivity contribution < 1.29 is 9.53 Å². The highest BCUT2D eigenvalue weighted by Crippen LogP contribution is 2.26. The second-order valence-electron chi connectivity index (χ2n) is 8.29. The molecule has 1 fully saturated rings. The summed E-state index contributed by atoms with van der Waals surface area (Å²) in [6, 6.07) is 28.1. The molecule has 3 aromatic rings. The molecule has 0 aromatic heterocycles.